The minimum atomic E-state index is -0.416. The molecule has 0 radical (unpaired) electrons. The average Bonchev–Trinajstić information content (AvgIpc) is 2.05. The van der Waals surface area contributed by atoms with Crippen molar-refractivity contribution in [2.75, 3.05) is 18.0 Å². The molecule has 1 aliphatic heterocycles. The van der Waals surface area contributed by atoms with E-state index in [0.717, 1.165) is 5.69 Å². The van der Waals surface area contributed by atoms with Crippen LogP contribution in [0.25, 0.3) is 0 Å². The van der Waals surface area contributed by atoms with Gasteiger partial charge in [-0.25, -0.2) is 4.39 Å². The molecule has 0 bridgehead atoms. The number of halogens is 2. The third kappa shape index (κ3) is 1.62. The number of rotatable bonds is 1. The molecule has 1 fully saturated rings. The molecular weight excluding hydrogens is 193 g/mol. The Hall–Kier alpha value is -0.800. The Balaban J connectivity index is 2.18. The number of anilines is 1. The van der Waals surface area contributed by atoms with E-state index in [1.165, 1.54) is 12.1 Å². The molecule has 13 heavy (non-hydrogen) atoms. The molecule has 0 spiro atoms. The van der Waals surface area contributed by atoms with Crippen molar-refractivity contribution < 1.29 is 9.50 Å². The summed E-state index contributed by atoms with van der Waals surface area (Å²) in [5.41, 5.74) is 0.771. The molecule has 1 N–H and O–H groups in total. The Kier molecular flexibility index (Phi) is 2.14. The van der Waals surface area contributed by atoms with Crippen LogP contribution < -0.4 is 4.90 Å². The summed E-state index contributed by atoms with van der Waals surface area (Å²) in [5, 5.41) is 9.17. The first-order chi connectivity index (χ1) is 6.16. The second-order valence-electron chi connectivity index (χ2n) is 3.16. The van der Waals surface area contributed by atoms with E-state index in [2.05, 4.69) is 0 Å². The van der Waals surface area contributed by atoms with Gasteiger partial charge in [-0.3, -0.25) is 0 Å². The second-order valence-corrected chi connectivity index (χ2v) is 3.56. The van der Waals surface area contributed by atoms with Gasteiger partial charge in [-0.1, -0.05) is 11.6 Å². The zero-order valence-corrected chi connectivity index (χ0v) is 7.63. The summed E-state index contributed by atoms with van der Waals surface area (Å²) < 4.78 is 13.0. The zero-order chi connectivity index (χ0) is 9.42. The standard InChI is InChI=1S/C9H9ClFNO/c10-8-2-1-6(3-9(8)11)12-4-7(13)5-12/h1-3,7,13H,4-5H2. The van der Waals surface area contributed by atoms with Crippen LogP contribution in [0.4, 0.5) is 10.1 Å². The van der Waals surface area contributed by atoms with Crippen LogP contribution in [0.3, 0.4) is 0 Å². The van der Waals surface area contributed by atoms with E-state index < -0.39 is 5.82 Å². The Morgan fingerprint density at radius 3 is 2.69 bits per heavy atom. The highest BCUT2D eigenvalue weighted by Crippen LogP contribution is 2.25. The lowest BCUT2D eigenvalue weighted by molar-refractivity contribution is 0.142. The van der Waals surface area contributed by atoms with Crippen molar-refractivity contribution in [1.29, 1.82) is 0 Å². The maximum atomic E-state index is 13.0. The lowest BCUT2D eigenvalue weighted by Gasteiger charge is -2.37. The van der Waals surface area contributed by atoms with Gasteiger partial charge in [0, 0.05) is 18.8 Å². The Bertz CT molecular complexity index is 325. The molecule has 0 saturated carbocycles. The smallest absolute Gasteiger partial charge is 0.143 e. The molecule has 0 unspecified atom stereocenters. The fourth-order valence-corrected chi connectivity index (χ4v) is 1.47. The Morgan fingerprint density at radius 1 is 1.46 bits per heavy atom. The molecule has 2 rings (SSSR count). The van der Waals surface area contributed by atoms with E-state index in [9.17, 15) is 4.39 Å². The maximum Gasteiger partial charge on any atom is 0.143 e. The number of hydrogen-bond donors (Lipinski definition) is 1. The summed E-state index contributed by atoms with van der Waals surface area (Å²) in [4.78, 5) is 1.89. The highest BCUT2D eigenvalue weighted by Gasteiger charge is 2.24. The van der Waals surface area contributed by atoms with E-state index in [1.54, 1.807) is 6.07 Å². The molecule has 0 aliphatic carbocycles. The Labute approximate surface area is 80.5 Å². The minimum absolute atomic E-state index is 0.129. The van der Waals surface area contributed by atoms with Gasteiger partial charge in [-0.15, -0.1) is 0 Å². The van der Waals surface area contributed by atoms with Gasteiger partial charge in [0.1, 0.15) is 5.82 Å². The quantitative estimate of drug-likeness (QED) is 0.747. The van der Waals surface area contributed by atoms with Crippen LogP contribution in [0.15, 0.2) is 18.2 Å². The van der Waals surface area contributed by atoms with E-state index in [1.807, 2.05) is 4.90 Å². The summed E-state index contributed by atoms with van der Waals surface area (Å²) in [6, 6.07) is 4.66. The molecule has 1 heterocycles. The summed E-state index contributed by atoms with van der Waals surface area (Å²) >= 11 is 5.53. The molecule has 1 aromatic rings. The van der Waals surface area contributed by atoms with Crippen molar-refractivity contribution in [2.45, 2.75) is 6.10 Å². The monoisotopic (exact) mass is 201 g/mol. The number of benzene rings is 1. The largest absolute Gasteiger partial charge is 0.389 e. The van der Waals surface area contributed by atoms with Crippen LogP contribution in [0.5, 0.6) is 0 Å². The highest BCUT2D eigenvalue weighted by atomic mass is 35.5. The van der Waals surface area contributed by atoms with Crippen LogP contribution in [-0.2, 0) is 0 Å². The van der Waals surface area contributed by atoms with Gasteiger partial charge >= 0.3 is 0 Å². The molecule has 1 aromatic carbocycles. The average molecular weight is 202 g/mol. The SMILES string of the molecule is OC1CN(c2ccc(Cl)c(F)c2)C1. The van der Waals surface area contributed by atoms with Gasteiger partial charge in [-0.05, 0) is 18.2 Å². The van der Waals surface area contributed by atoms with Crippen molar-refractivity contribution in [2.24, 2.45) is 0 Å². The summed E-state index contributed by atoms with van der Waals surface area (Å²) in [6.45, 7) is 1.14. The van der Waals surface area contributed by atoms with Crippen LogP contribution in [-0.4, -0.2) is 24.3 Å². The lowest BCUT2D eigenvalue weighted by Crippen LogP contribution is -2.50. The van der Waals surface area contributed by atoms with Gasteiger partial charge in [0.05, 0.1) is 11.1 Å². The van der Waals surface area contributed by atoms with E-state index in [4.69, 9.17) is 16.7 Å². The van der Waals surface area contributed by atoms with E-state index in [0.29, 0.717) is 13.1 Å². The molecular formula is C9H9ClFNO. The summed E-state index contributed by atoms with van der Waals surface area (Å²) in [5.74, 6) is -0.416. The molecule has 0 atom stereocenters. The molecule has 70 valence electrons. The second kappa shape index (κ2) is 3.16. The van der Waals surface area contributed by atoms with Crippen LogP contribution in [0.1, 0.15) is 0 Å². The fraction of sp³-hybridized carbons (Fsp3) is 0.333. The minimum Gasteiger partial charge on any atom is -0.389 e. The molecule has 0 amide bonds. The number of nitrogens with zero attached hydrogens (tertiary/aromatic N) is 1. The first-order valence-electron chi connectivity index (χ1n) is 4.05. The van der Waals surface area contributed by atoms with Gasteiger partial charge in [0.25, 0.3) is 0 Å². The highest BCUT2D eigenvalue weighted by molar-refractivity contribution is 6.30. The predicted molar refractivity (Wildman–Crippen MR) is 49.6 cm³/mol. The third-order valence-electron chi connectivity index (χ3n) is 2.13. The van der Waals surface area contributed by atoms with Gasteiger partial charge < -0.3 is 10.0 Å². The fourth-order valence-electron chi connectivity index (χ4n) is 1.35. The summed E-state index contributed by atoms with van der Waals surface area (Å²) in [7, 11) is 0. The molecule has 2 nitrogen and oxygen atoms in total. The van der Waals surface area contributed by atoms with E-state index in [-0.39, 0.29) is 11.1 Å². The van der Waals surface area contributed by atoms with Crippen LogP contribution in [0.2, 0.25) is 5.02 Å². The number of hydrogen-bond acceptors (Lipinski definition) is 2. The summed E-state index contributed by atoms with van der Waals surface area (Å²) in [6.07, 6.45) is -0.279. The zero-order valence-electron chi connectivity index (χ0n) is 6.87. The Morgan fingerprint density at radius 2 is 2.15 bits per heavy atom. The van der Waals surface area contributed by atoms with Crippen molar-refractivity contribution in [3.05, 3.63) is 29.0 Å². The number of aliphatic hydroxyl groups excluding tert-OH is 1. The predicted octanol–water partition coefficient (Wildman–Crippen LogP) is 1.66. The van der Waals surface area contributed by atoms with Crippen molar-refractivity contribution >= 4 is 17.3 Å². The first-order valence-corrected chi connectivity index (χ1v) is 4.42. The van der Waals surface area contributed by atoms with Gasteiger partial charge in [0.2, 0.25) is 0 Å². The van der Waals surface area contributed by atoms with Crippen molar-refractivity contribution in [3.8, 4) is 0 Å². The molecule has 1 saturated heterocycles. The van der Waals surface area contributed by atoms with Crippen molar-refractivity contribution in [3.63, 3.8) is 0 Å². The maximum absolute atomic E-state index is 13.0. The third-order valence-corrected chi connectivity index (χ3v) is 2.44. The number of β-amino-alcohol motifs (C(OH)–C–C–N with tert-alkyl or cyclic N) is 1. The van der Waals surface area contributed by atoms with Gasteiger partial charge in [-0.2, -0.15) is 0 Å². The van der Waals surface area contributed by atoms with Crippen LogP contribution >= 0.6 is 11.6 Å². The number of aliphatic hydroxyl groups is 1. The molecule has 4 heteroatoms. The van der Waals surface area contributed by atoms with Gasteiger partial charge in [0.15, 0.2) is 0 Å². The van der Waals surface area contributed by atoms with Crippen molar-refractivity contribution in [1.82, 2.24) is 0 Å². The topological polar surface area (TPSA) is 23.5 Å². The molecule has 1 aliphatic rings. The van der Waals surface area contributed by atoms with Crippen LogP contribution in [0, 0.1) is 5.82 Å². The normalized spacial score (nSPS) is 17.3. The molecule has 0 aromatic heterocycles. The van der Waals surface area contributed by atoms with E-state index >= 15 is 0 Å². The lowest BCUT2D eigenvalue weighted by atomic mass is 10.1. The first kappa shape index (κ1) is 8.78.